The van der Waals surface area contributed by atoms with Crippen molar-refractivity contribution >= 4 is 17.7 Å². The first-order chi connectivity index (χ1) is 13.1. The molecule has 2 amide bonds. The smallest absolute Gasteiger partial charge is 0.414 e. The van der Waals surface area contributed by atoms with Crippen molar-refractivity contribution in [3.63, 3.8) is 0 Å². The first-order valence-electron chi connectivity index (χ1n) is 8.65. The molecule has 1 atom stereocenters. The van der Waals surface area contributed by atoms with Crippen LogP contribution in [0.15, 0.2) is 42.9 Å². The van der Waals surface area contributed by atoms with Gasteiger partial charge in [0.05, 0.1) is 30.8 Å². The number of aromatic nitrogens is 2. The highest BCUT2D eigenvalue weighted by Gasteiger charge is 2.45. The van der Waals surface area contributed by atoms with Crippen LogP contribution in [0, 0.1) is 11.3 Å². The molecule has 0 bridgehead atoms. The third kappa shape index (κ3) is 3.31. The van der Waals surface area contributed by atoms with E-state index in [1.807, 2.05) is 24.3 Å². The van der Waals surface area contributed by atoms with Gasteiger partial charge >= 0.3 is 6.09 Å². The van der Waals surface area contributed by atoms with Gasteiger partial charge in [-0.25, -0.2) is 9.78 Å². The number of ether oxygens (including phenoxy) is 1. The minimum absolute atomic E-state index is 0.188. The van der Waals surface area contributed by atoms with Crippen LogP contribution in [0.5, 0.6) is 0 Å². The van der Waals surface area contributed by atoms with Gasteiger partial charge in [0, 0.05) is 18.1 Å². The molecule has 1 aliphatic heterocycles. The Bertz CT molecular complexity index is 903. The van der Waals surface area contributed by atoms with Crippen LogP contribution in [0.2, 0.25) is 0 Å². The van der Waals surface area contributed by atoms with Crippen molar-refractivity contribution < 1.29 is 14.3 Å². The Kier molecular flexibility index (Phi) is 4.20. The second-order valence-corrected chi connectivity index (χ2v) is 6.66. The molecule has 2 aliphatic rings. The van der Waals surface area contributed by atoms with E-state index in [0.717, 1.165) is 18.4 Å². The average molecular weight is 363 g/mol. The van der Waals surface area contributed by atoms with E-state index in [4.69, 9.17) is 4.74 Å². The molecular formula is C19H17N5O3. The van der Waals surface area contributed by atoms with Crippen LogP contribution in [-0.4, -0.2) is 41.2 Å². The van der Waals surface area contributed by atoms with Crippen molar-refractivity contribution in [3.05, 3.63) is 54.1 Å². The molecular weight excluding hydrogens is 346 g/mol. The molecule has 1 aromatic heterocycles. The molecule has 4 rings (SSSR count). The van der Waals surface area contributed by atoms with E-state index in [1.165, 1.54) is 23.5 Å². The van der Waals surface area contributed by atoms with Crippen molar-refractivity contribution in [1.29, 1.82) is 5.26 Å². The highest BCUT2D eigenvalue weighted by Crippen LogP contribution is 2.47. The van der Waals surface area contributed by atoms with Crippen LogP contribution in [0.1, 0.15) is 28.9 Å². The standard InChI is InChI=1S/C19H17N5O3/c20-12-19(5-6-19)13-1-3-14(4-2-13)24-11-15(27-18(24)26)9-23-17(25)16-10-21-7-8-22-16/h1-4,7-8,10,15H,5-6,9,11H2,(H,23,25)/t15-/m0/s1. The van der Waals surface area contributed by atoms with E-state index in [0.29, 0.717) is 12.2 Å². The Morgan fingerprint density at radius 1 is 1.33 bits per heavy atom. The van der Waals surface area contributed by atoms with Crippen LogP contribution >= 0.6 is 0 Å². The molecule has 0 radical (unpaired) electrons. The fourth-order valence-electron chi connectivity index (χ4n) is 3.10. The molecule has 8 heteroatoms. The summed E-state index contributed by atoms with van der Waals surface area (Å²) in [5, 5.41) is 12.0. The summed E-state index contributed by atoms with van der Waals surface area (Å²) >= 11 is 0. The molecule has 2 fully saturated rings. The van der Waals surface area contributed by atoms with E-state index in [1.54, 1.807) is 0 Å². The monoisotopic (exact) mass is 363 g/mol. The fourth-order valence-corrected chi connectivity index (χ4v) is 3.10. The number of cyclic esters (lactones) is 1. The fraction of sp³-hybridized carbons (Fsp3) is 0.316. The number of hydrogen-bond donors (Lipinski definition) is 1. The number of nitriles is 1. The second kappa shape index (κ2) is 6.68. The lowest BCUT2D eigenvalue weighted by atomic mass is 9.97. The number of nitrogens with zero attached hydrogens (tertiary/aromatic N) is 4. The minimum Gasteiger partial charge on any atom is -0.442 e. The Hall–Kier alpha value is -3.47. The van der Waals surface area contributed by atoms with Gasteiger partial charge in [0.25, 0.3) is 5.91 Å². The third-order valence-corrected chi connectivity index (χ3v) is 4.86. The molecule has 2 aromatic rings. The maximum absolute atomic E-state index is 12.2. The van der Waals surface area contributed by atoms with Crippen LogP contribution in [0.25, 0.3) is 0 Å². The number of rotatable bonds is 5. The lowest BCUT2D eigenvalue weighted by Crippen LogP contribution is -2.35. The zero-order chi connectivity index (χ0) is 18.9. The van der Waals surface area contributed by atoms with Gasteiger partial charge in [0.2, 0.25) is 0 Å². The normalized spacial score (nSPS) is 19.9. The summed E-state index contributed by atoms with van der Waals surface area (Å²) in [6, 6.07) is 9.80. The zero-order valence-electron chi connectivity index (χ0n) is 14.5. The van der Waals surface area contributed by atoms with Gasteiger partial charge in [0.15, 0.2) is 0 Å². The number of hydrogen-bond acceptors (Lipinski definition) is 6. The predicted molar refractivity (Wildman–Crippen MR) is 94.9 cm³/mol. The Labute approximate surface area is 155 Å². The van der Waals surface area contributed by atoms with Crippen LogP contribution in [-0.2, 0) is 10.2 Å². The quantitative estimate of drug-likeness (QED) is 0.867. The van der Waals surface area contributed by atoms with Crippen molar-refractivity contribution in [1.82, 2.24) is 15.3 Å². The SMILES string of the molecule is N#CC1(c2ccc(N3C[C@H](CNC(=O)c4cnccn4)OC3=O)cc2)CC1. The molecule has 1 saturated heterocycles. The number of carbonyl (C=O) groups is 2. The number of carbonyl (C=O) groups excluding carboxylic acids is 2. The summed E-state index contributed by atoms with van der Waals surface area (Å²) in [6.07, 6.45) is 5.14. The largest absolute Gasteiger partial charge is 0.442 e. The highest BCUT2D eigenvalue weighted by atomic mass is 16.6. The zero-order valence-corrected chi connectivity index (χ0v) is 14.5. The van der Waals surface area contributed by atoms with Gasteiger partial charge in [-0.1, -0.05) is 12.1 Å². The summed E-state index contributed by atoms with van der Waals surface area (Å²) in [4.78, 5) is 33.5. The topological polar surface area (TPSA) is 108 Å². The molecule has 0 unspecified atom stereocenters. The van der Waals surface area contributed by atoms with E-state index >= 15 is 0 Å². The van der Waals surface area contributed by atoms with Crippen molar-refractivity contribution in [2.45, 2.75) is 24.4 Å². The van der Waals surface area contributed by atoms with Gasteiger partial charge < -0.3 is 10.1 Å². The van der Waals surface area contributed by atoms with Crippen LogP contribution < -0.4 is 10.2 Å². The summed E-state index contributed by atoms with van der Waals surface area (Å²) in [6.45, 7) is 0.523. The van der Waals surface area contributed by atoms with Crippen LogP contribution in [0.4, 0.5) is 10.5 Å². The Morgan fingerprint density at radius 3 is 2.74 bits per heavy atom. The first kappa shape index (κ1) is 17.0. The summed E-state index contributed by atoms with van der Waals surface area (Å²) in [7, 11) is 0. The van der Waals surface area contributed by atoms with Crippen LogP contribution in [0.3, 0.4) is 0 Å². The summed E-state index contributed by atoms with van der Waals surface area (Å²) < 4.78 is 5.33. The van der Waals surface area contributed by atoms with E-state index in [2.05, 4.69) is 21.4 Å². The molecule has 136 valence electrons. The van der Waals surface area contributed by atoms with Crippen molar-refractivity contribution in [2.75, 3.05) is 18.0 Å². The predicted octanol–water partition coefficient (Wildman–Crippen LogP) is 1.79. The van der Waals surface area contributed by atoms with Crippen molar-refractivity contribution in [2.24, 2.45) is 0 Å². The number of nitrogens with one attached hydrogen (secondary N) is 1. The second-order valence-electron chi connectivity index (χ2n) is 6.66. The molecule has 1 aliphatic carbocycles. The lowest BCUT2D eigenvalue weighted by molar-refractivity contribution is 0.0911. The highest BCUT2D eigenvalue weighted by molar-refractivity contribution is 5.92. The summed E-state index contributed by atoms with van der Waals surface area (Å²) in [5.41, 5.74) is 1.55. The molecule has 1 N–H and O–H groups in total. The third-order valence-electron chi connectivity index (χ3n) is 4.86. The average Bonchev–Trinajstić information content (AvgIpc) is 3.43. The number of amides is 2. The van der Waals surface area contributed by atoms with E-state index in [9.17, 15) is 14.9 Å². The van der Waals surface area contributed by atoms with E-state index in [-0.39, 0.29) is 23.6 Å². The van der Waals surface area contributed by atoms with Gasteiger partial charge in [0.1, 0.15) is 11.8 Å². The minimum atomic E-state index is -0.456. The molecule has 0 spiro atoms. The molecule has 1 aromatic carbocycles. The number of benzene rings is 1. The molecule has 8 nitrogen and oxygen atoms in total. The van der Waals surface area contributed by atoms with Crippen molar-refractivity contribution in [3.8, 4) is 6.07 Å². The number of anilines is 1. The Balaban J connectivity index is 1.36. The molecule has 1 saturated carbocycles. The van der Waals surface area contributed by atoms with Gasteiger partial charge in [-0.15, -0.1) is 0 Å². The first-order valence-corrected chi connectivity index (χ1v) is 8.65. The molecule has 27 heavy (non-hydrogen) atoms. The maximum Gasteiger partial charge on any atom is 0.414 e. The lowest BCUT2D eigenvalue weighted by Gasteiger charge is -2.14. The van der Waals surface area contributed by atoms with Gasteiger partial charge in [-0.3, -0.25) is 14.7 Å². The maximum atomic E-state index is 12.2. The van der Waals surface area contributed by atoms with Gasteiger partial charge in [-0.2, -0.15) is 5.26 Å². The Morgan fingerprint density at radius 2 is 2.11 bits per heavy atom. The van der Waals surface area contributed by atoms with Gasteiger partial charge in [-0.05, 0) is 30.5 Å². The summed E-state index contributed by atoms with van der Waals surface area (Å²) in [5.74, 6) is -0.367. The molecule has 2 heterocycles. The van der Waals surface area contributed by atoms with E-state index < -0.39 is 12.2 Å².